The second-order valence-corrected chi connectivity index (χ2v) is 8.01. The van der Waals surface area contributed by atoms with Gasteiger partial charge in [-0.25, -0.2) is 4.79 Å². The van der Waals surface area contributed by atoms with Gasteiger partial charge in [-0.1, -0.05) is 51.5 Å². The summed E-state index contributed by atoms with van der Waals surface area (Å²) >= 11 is 0. The van der Waals surface area contributed by atoms with E-state index in [-0.39, 0.29) is 24.0 Å². The highest BCUT2D eigenvalue weighted by atomic mass is 16.2. The number of nitrogen functional groups attached to an aromatic ring is 1. The molecule has 1 heterocycles. The molecule has 0 saturated carbocycles. The largest absolute Gasteiger partial charge is 0.383 e. The number of hydrogen-bond donors (Lipinski definition) is 3. The van der Waals surface area contributed by atoms with E-state index in [9.17, 15) is 14.4 Å². The van der Waals surface area contributed by atoms with Crippen LogP contribution in [0.2, 0.25) is 0 Å². The molecule has 0 bridgehead atoms. The van der Waals surface area contributed by atoms with Gasteiger partial charge in [0.15, 0.2) is 0 Å². The van der Waals surface area contributed by atoms with E-state index in [4.69, 9.17) is 5.73 Å². The molecule has 0 radical (unpaired) electrons. The molecule has 1 aromatic carbocycles. The van der Waals surface area contributed by atoms with Gasteiger partial charge in [-0.2, -0.15) is 0 Å². The highest BCUT2D eigenvalue weighted by Gasteiger charge is 2.19. The molecule has 8 heteroatoms. The van der Waals surface area contributed by atoms with Crippen molar-refractivity contribution in [1.29, 1.82) is 0 Å². The van der Waals surface area contributed by atoms with Gasteiger partial charge in [0.1, 0.15) is 11.5 Å². The van der Waals surface area contributed by atoms with Crippen LogP contribution in [0.3, 0.4) is 0 Å². The Morgan fingerprint density at radius 3 is 2.45 bits per heavy atom. The Bertz CT molecular complexity index is 976. The fraction of sp³-hybridized carbons (Fsp3) is 0.522. The van der Waals surface area contributed by atoms with Crippen molar-refractivity contribution in [3.8, 4) is 0 Å². The van der Waals surface area contributed by atoms with Crippen LogP contribution < -0.4 is 27.2 Å². The molecular weight excluding hydrogens is 394 g/mol. The van der Waals surface area contributed by atoms with Crippen molar-refractivity contribution >= 4 is 17.4 Å². The van der Waals surface area contributed by atoms with E-state index < -0.39 is 11.2 Å². The number of amides is 1. The van der Waals surface area contributed by atoms with Crippen molar-refractivity contribution in [2.24, 2.45) is 0 Å². The van der Waals surface area contributed by atoms with E-state index in [0.717, 1.165) is 24.8 Å². The highest BCUT2D eigenvalue weighted by Crippen LogP contribution is 2.17. The number of likely N-dealkylation sites (N-methyl/N-ethyl adjacent to an activating group) is 1. The smallest absolute Gasteiger partial charge is 0.330 e. The Morgan fingerprint density at radius 1 is 1.19 bits per heavy atom. The Morgan fingerprint density at radius 2 is 1.87 bits per heavy atom. The summed E-state index contributed by atoms with van der Waals surface area (Å²) in [6, 6.07) is 8.39. The molecule has 1 amide bonds. The highest BCUT2D eigenvalue weighted by molar-refractivity contribution is 5.82. The van der Waals surface area contributed by atoms with Gasteiger partial charge in [0.2, 0.25) is 5.91 Å². The van der Waals surface area contributed by atoms with Gasteiger partial charge in [-0.15, -0.1) is 0 Å². The van der Waals surface area contributed by atoms with E-state index in [1.54, 1.807) is 4.90 Å². The van der Waals surface area contributed by atoms with Gasteiger partial charge in [0, 0.05) is 19.6 Å². The maximum Gasteiger partial charge on any atom is 0.330 e. The van der Waals surface area contributed by atoms with Gasteiger partial charge >= 0.3 is 5.69 Å². The Labute approximate surface area is 183 Å². The minimum atomic E-state index is -0.574. The lowest BCUT2D eigenvalue weighted by Crippen LogP contribution is -2.43. The molecule has 0 aliphatic heterocycles. The number of unbranched alkanes of at least 4 members (excludes halogenated alkanes) is 1. The van der Waals surface area contributed by atoms with Crippen LogP contribution in [-0.4, -0.2) is 35.1 Å². The lowest BCUT2D eigenvalue weighted by molar-refractivity contribution is -0.119. The number of aromatic nitrogens is 2. The lowest BCUT2D eigenvalue weighted by Gasteiger charge is -2.24. The Hall–Kier alpha value is -3.03. The zero-order chi connectivity index (χ0) is 23.0. The zero-order valence-corrected chi connectivity index (χ0v) is 19.0. The van der Waals surface area contributed by atoms with Gasteiger partial charge < -0.3 is 16.0 Å². The summed E-state index contributed by atoms with van der Waals surface area (Å²) in [4.78, 5) is 40.9. The number of benzene rings is 1. The fourth-order valence-electron chi connectivity index (χ4n) is 3.41. The number of aromatic amines is 1. The number of nitrogens with one attached hydrogen (secondary N) is 2. The third-order valence-electron chi connectivity index (χ3n) is 5.36. The third kappa shape index (κ3) is 6.47. The number of H-pyrrole nitrogens is 1. The molecule has 0 atom stereocenters. The van der Waals surface area contributed by atoms with Gasteiger partial charge in [0.25, 0.3) is 5.56 Å². The second kappa shape index (κ2) is 11.4. The molecule has 2 aromatic rings. The molecule has 4 N–H and O–H groups in total. The van der Waals surface area contributed by atoms with Crippen LogP contribution in [-0.2, 0) is 17.8 Å². The van der Waals surface area contributed by atoms with Gasteiger partial charge in [0.05, 0.1) is 6.54 Å². The first-order chi connectivity index (χ1) is 14.8. The summed E-state index contributed by atoms with van der Waals surface area (Å²) in [6.45, 7) is 9.47. The average Bonchev–Trinajstić information content (AvgIpc) is 2.73. The maximum absolute atomic E-state index is 12.5. The minimum absolute atomic E-state index is 0.0119. The molecule has 2 rings (SSSR count). The van der Waals surface area contributed by atoms with Crippen molar-refractivity contribution in [2.75, 3.05) is 30.3 Å². The predicted molar refractivity (Wildman–Crippen MR) is 126 cm³/mol. The summed E-state index contributed by atoms with van der Waals surface area (Å²) in [5.41, 5.74) is 7.66. The van der Waals surface area contributed by atoms with Crippen LogP contribution in [0.25, 0.3) is 0 Å². The SMILES string of the molecule is CCCCn1c(N)c(N(CC)CC(=O)NCCc2ccc(C(C)C)cc2)c(=O)[nH]c1=O. The number of hydrogen-bond acceptors (Lipinski definition) is 5. The van der Waals surface area contributed by atoms with Crippen molar-refractivity contribution in [3.05, 3.63) is 56.2 Å². The number of nitrogens with two attached hydrogens (primary N) is 1. The summed E-state index contributed by atoms with van der Waals surface area (Å²) in [7, 11) is 0. The summed E-state index contributed by atoms with van der Waals surface area (Å²) in [5, 5.41) is 2.90. The molecule has 0 unspecified atom stereocenters. The van der Waals surface area contributed by atoms with Gasteiger partial charge in [-0.3, -0.25) is 19.1 Å². The van der Waals surface area contributed by atoms with Crippen LogP contribution in [0.1, 0.15) is 57.6 Å². The van der Waals surface area contributed by atoms with Crippen molar-refractivity contribution in [3.63, 3.8) is 0 Å². The van der Waals surface area contributed by atoms with Crippen molar-refractivity contribution < 1.29 is 4.79 Å². The number of anilines is 2. The van der Waals surface area contributed by atoms with Crippen LogP contribution in [0.15, 0.2) is 33.9 Å². The Balaban J connectivity index is 2.03. The number of nitrogens with zero attached hydrogens (tertiary/aromatic N) is 2. The lowest BCUT2D eigenvalue weighted by atomic mass is 10.0. The summed E-state index contributed by atoms with van der Waals surface area (Å²) in [6.07, 6.45) is 2.38. The van der Waals surface area contributed by atoms with Crippen molar-refractivity contribution in [2.45, 2.75) is 59.4 Å². The topological polar surface area (TPSA) is 113 Å². The quantitative estimate of drug-likeness (QED) is 0.507. The normalized spacial score (nSPS) is 11.0. The van der Waals surface area contributed by atoms with E-state index >= 15 is 0 Å². The molecule has 0 aliphatic carbocycles. The number of carbonyl (C=O) groups excluding carboxylic acids is 1. The molecule has 0 spiro atoms. The Kier molecular flexibility index (Phi) is 8.90. The van der Waals surface area contributed by atoms with Crippen LogP contribution >= 0.6 is 0 Å². The molecule has 8 nitrogen and oxygen atoms in total. The summed E-state index contributed by atoms with van der Waals surface area (Å²) < 4.78 is 1.36. The minimum Gasteiger partial charge on any atom is -0.383 e. The first kappa shape index (κ1) is 24.2. The molecular formula is C23H35N5O3. The second-order valence-electron chi connectivity index (χ2n) is 8.01. The van der Waals surface area contributed by atoms with E-state index in [0.29, 0.717) is 25.6 Å². The maximum atomic E-state index is 12.5. The summed E-state index contributed by atoms with van der Waals surface area (Å²) in [5.74, 6) is 0.383. The molecule has 0 saturated heterocycles. The molecule has 31 heavy (non-hydrogen) atoms. The van der Waals surface area contributed by atoms with E-state index in [2.05, 4.69) is 48.4 Å². The predicted octanol–water partition coefficient (Wildman–Crippen LogP) is 2.23. The molecule has 0 aliphatic rings. The standard InChI is InChI=1S/C23H35N5O3/c1-5-7-14-28-21(24)20(22(30)26-23(28)31)27(6-2)15-19(29)25-13-12-17-8-10-18(11-9-17)16(3)4/h8-11,16H,5-7,12-15,24H2,1-4H3,(H,25,29)(H,26,30,31). The van der Waals surface area contributed by atoms with Crippen LogP contribution in [0, 0.1) is 0 Å². The first-order valence-corrected chi connectivity index (χ1v) is 11.0. The van der Waals surface area contributed by atoms with E-state index in [1.165, 1.54) is 10.1 Å². The number of carbonyl (C=O) groups is 1. The monoisotopic (exact) mass is 429 g/mol. The third-order valence-corrected chi connectivity index (χ3v) is 5.36. The average molecular weight is 430 g/mol. The van der Waals surface area contributed by atoms with Crippen LogP contribution in [0.4, 0.5) is 11.5 Å². The number of rotatable bonds is 11. The van der Waals surface area contributed by atoms with E-state index in [1.807, 2.05) is 13.8 Å². The van der Waals surface area contributed by atoms with Gasteiger partial charge in [-0.05, 0) is 36.8 Å². The zero-order valence-electron chi connectivity index (χ0n) is 19.0. The fourth-order valence-corrected chi connectivity index (χ4v) is 3.41. The molecule has 1 aromatic heterocycles. The van der Waals surface area contributed by atoms with Crippen molar-refractivity contribution in [1.82, 2.24) is 14.9 Å². The molecule has 0 fully saturated rings. The molecule has 170 valence electrons. The first-order valence-electron chi connectivity index (χ1n) is 11.0. The van der Waals surface area contributed by atoms with Crippen LogP contribution in [0.5, 0.6) is 0 Å².